The molecule has 0 radical (unpaired) electrons. The standard InChI is InChI=1S/C20H19N5O2/c1-27-20(26)14-2-4-16(5-3-14)24-8-10-25(11-9-24)18-7-6-17-15(12-21)13-22-19(17)23-18/h2-7,13H,8-11H2,1H3,(H,22,23). The van der Waals surface area contributed by atoms with Gasteiger partial charge >= 0.3 is 5.97 Å². The summed E-state index contributed by atoms with van der Waals surface area (Å²) in [5.41, 5.74) is 3.00. The van der Waals surface area contributed by atoms with Crippen molar-refractivity contribution in [1.82, 2.24) is 9.97 Å². The van der Waals surface area contributed by atoms with E-state index >= 15 is 0 Å². The van der Waals surface area contributed by atoms with Gasteiger partial charge in [0.1, 0.15) is 17.5 Å². The summed E-state index contributed by atoms with van der Waals surface area (Å²) in [4.78, 5) is 23.8. The first-order valence-electron chi connectivity index (χ1n) is 8.76. The van der Waals surface area contributed by atoms with Gasteiger partial charge in [0.25, 0.3) is 0 Å². The number of H-pyrrole nitrogens is 1. The van der Waals surface area contributed by atoms with E-state index in [1.165, 1.54) is 7.11 Å². The Morgan fingerprint density at radius 1 is 1.11 bits per heavy atom. The Morgan fingerprint density at radius 3 is 2.48 bits per heavy atom. The Morgan fingerprint density at radius 2 is 1.81 bits per heavy atom. The molecule has 1 aromatic carbocycles. The minimum absolute atomic E-state index is 0.322. The summed E-state index contributed by atoms with van der Waals surface area (Å²) in [5, 5.41) is 9.95. The number of benzene rings is 1. The molecule has 1 fully saturated rings. The Kier molecular flexibility index (Phi) is 4.38. The minimum Gasteiger partial charge on any atom is -0.465 e. The van der Waals surface area contributed by atoms with Gasteiger partial charge in [-0.1, -0.05) is 0 Å². The summed E-state index contributed by atoms with van der Waals surface area (Å²) >= 11 is 0. The van der Waals surface area contributed by atoms with Crippen LogP contribution in [0.25, 0.3) is 11.0 Å². The molecule has 2 aromatic heterocycles. The van der Waals surface area contributed by atoms with Crippen LogP contribution >= 0.6 is 0 Å². The van der Waals surface area contributed by atoms with Gasteiger partial charge in [0, 0.05) is 43.4 Å². The number of piperazine rings is 1. The minimum atomic E-state index is -0.322. The number of ether oxygens (including phenoxy) is 1. The van der Waals surface area contributed by atoms with E-state index in [0.29, 0.717) is 11.1 Å². The molecule has 1 saturated heterocycles. The maximum Gasteiger partial charge on any atom is 0.337 e. The number of methoxy groups -OCH3 is 1. The molecule has 4 rings (SSSR count). The quantitative estimate of drug-likeness (QED) is 0.722. The van der Waals surface area contributed by atoms with Gasteiger partial charge in [-0.2, -0.15) is 5.26 Å². The monoisotopic (exact) mass is 361 g/mol. The van der Waals surface area contributed by atoms with Crippen molar-refractivity contribution >= 4 is 28.5 Å². The number of pyridine rings is 1. The SMILES string of the molecule is COC(=O)c1ccc(N2CCN(c3ccc4c(C#N)c[nH]c4n3)CC2)cc1. The Hall–Kier alpha value is -3.53. The molecule has 0 amide bonds. The molecule has 0 unspecified atom stereocenters. The fourth-order valence-electron chi connectivity index (χ4n) is 3.38. The maximum absolute atomic E-state index is 11.5. The second kappa shape index (κ2) is 7.00. The number of hydrogen-bond donors (Lipinski definition) is 1. The lowest BCUT2D eigenvalue weighted by Crippen LogP contribution is -2.46. The number of carbonyl (C=O) groups is 1. The van der Waals surface area contributed by atoms with Crippen LogP contribution in [0.4, 0.5) is 11.5 Å². The fourth-order valence-corrected chi connectivity index (χ4v) is 3.38. The van der Waals surface area contributed by atoms with Crippen molar-refractivity contribution in [3.8, 4) is 6.07 Å². The number of rotatable bonds is 3. The van der Waals surface area contributed by atoms with Gasteiger partial charge in [-0.15, -0.1) is 0 Å². The number of nitriles is 1. The van der Waals surface area contributed by atoms with Gasteiger partial charge in [0.15, 0.2) is 0 Å². The number of nitrogens with one attached hydrogen (secondary N) is 1. The number of aromatic amines is 1. The zero-order valence-corrected chi connectivity index (χ0v) is 15.0. The summed E-state index contributed by atoms with van der Waals surface area (Å²) in [5.74, 6) is 0.589. The summed E-state index contributed by atoms with van der Waals surface area (Å²) in [7, 11) is 1.38. The molecule has 3 heterocycles. The number of fused-ring (bicyclic) bond motifs is 1. The first kappa shape index (κ1) is 16.9. The molecule has 0 aliphatic carbocycles. The van der Waals surface area contributed by atoms with Crippen LogP contribution in [-0.2, 0) is 4.74 Å². The predicted octanol–water partition coefficient (Wildman–Crippen LogP) is 2.55. The van der Waals surface area contributed by atoms with Crippen LogP contribution in [0, 0.1) is 11.3 Å². The second-order valence-electron chi connectivity index (χ2n) is 6.39. The molecule has 3 aromatic rings. The van der Waals surface area contributed by atoms with E-state index in [2.05, 4.69) is 25.8 Å². The topological polar surface area (TPSA) is 85.2 Å². The molecule has 136 valence electrons. The van der Waals surface area contributed by atoms with Crippen LogP contribution < -0.4 is 9.80 Å². The lowest BCUT2D eigenvalue weighted by atomic mass is 10.2. The summed E-state index contributed by atoms with van der Waals surface area (Å²) in [6.07, 6.45) is 1.69. The first-order chi connectivity index (χ1) is 13.2. The third-order valence-electron chi connectivity index (χ3n) is 4.90. The molecule has 0 atom stereocenters. The predicted molar refractivity (Wildman–Crippen MR) is 103 cm³/mol. The van der Waals surface area contributed by atoms with Crippen molar-refractivity contribution in [1.29, 1.82) is 5.26 Å². The van der Waals surface area contributed by atoms with E-state index in [4.69, 9.17) is 10.00 Å². The van der Waals surface area contributed by atoms with Crippen LogP contribution in [0.1, 0.15) is 15.9 Å². The molecular formula is C20H19N5O2. The summed E-state index contributed by atoms with van der Waals surface area (Å²) in [6, 6.07) is 13.6. The zero-order chi connectivity index (χ0) is 18.8. The molecule has 7 heteroatoms. The van der Waals surface area contributed by atoms with Crippen LogP contribution in [0.5, 0.6) is 0 Å². The number of esters is 1. The normalized spacial score (nSPS) is 14.2. The van der Waals surface area contributed by atoms with Crippen LogP contribution in [0.15, 0.2) is 42.6 Å². The van der Waals surface area contributed by atoms with E-state index in [0.717, 1.165) is 48.7 Å². The molecule has 0 bridgehead atoms. The Balaban J connectivity index is 1.44. The Labute approximate surface area is 156 Å². The number of hydrogen-bond acceptors (Lipinski definition) is 6. The van der Waals surface area contributed by atoms with E-state index in [1.54, 1.807) is 18.3 Å². The van der Waals surface area contributed by atoms with Crippen molar-refractivity contribution in [2.75, 3.05) is 43.1 Å². The summed E-state index contributed by atoms with van der Waals surface area (Å²) in [6.45, 7) is 3.43. The van der Waals surface area contributed by atoms with Gasteiger partial charge in [0.05, 0.1) is 18.2 Å². The van der Waals surface area contributed by atoms with Gasteiger partial charge in [-0.05, 0) is 36.4 Å². The Bertz CT molecular complexity index is 1010. The van der Waals surface area contributed by atoms with Crippen molar-refractivity contribution in [3.05, 3.63) is 53.7 Å². The zero-order valence-electron chi connectivity index (χ0n) is 15.0. The van der Waals surface area contributed by atoms with Gasteiger partial charge < -0.3 is 19.5 Å². The smallest absolute Gasteiger partial charge is 0.337 e. The highest BCUT2D eigenvalue weighted by atomic mass is 16.5. The molecule has 7 nitrogen and oxygen atoms in total. The van der Waals surface area contributed by atoms with Crippen molar-refractivity contribution < 1.29 is 9.53 Å². The second-order valence-corrected chi connectivity index (χ2v) is 6.39. The van der Waals surface area contributed by atoms with E-state index < -0.39 is 0 Å². The van der Waals surface area contributed by atoms with Crippen molar-refractivity contribution in [2.45, 2.75) is 0 Å². The average molecular weight is 361 g/mol. The van der Waals surface area contributed by atoms with E-state index in [9.17, 15) is 4.79 Å². The molecule has 0 saturated carbocycles. The maximum atomic E-state index is 11.5. The highest BCUT2D eigenvalue weighted by Crippen LogP contribution is 2.23. The number of aromatic nitrogens is 2. The molecule has 1 N–H and O–H groups in total. The van der Waals surface area contributed by atoms with Crippen LogP contribution in [0.2, 0.25) is 0 Å². The van der Waals surface area contributed by atoms with E-state index in [-0.39, 0.29) is 5.97 Å². The van der Waals surface area contributed by atoms with Gasteiger partial charge in [-0.3, -0.25) is 0 Å². The highest BCUT2D eigenvalue weighted by molar-refractivity contribution is 5.89. The molecule has 27 heavy (non-hydrogen) atoms. The average Bonchev–Trinajstić information content (AvgIpc) is 3.16. The van der Waals surface area contributed by atoms with Crippen LogP contribution in [-0.4, -0.2) is 49.2 Å². The molecule has 1 aliphatic rings. The third-order valence-corrected chi connectivity index (χ3v) is 4.90. The van der Waals surface area contributed by atoms with Crippen LogP contribution in [0.3, 0.4) is 0 Å². The summed E-state index contributed by atoms with van der Waals surface area (Å²) < 4.78 is 4.74. The highest BCUT2D eigenvalue weighted by Gasteiger charge is 2.19. The van der Waals surface area contributed by atoms with E-state index in [1.807, 2.05) is 24.3 Å². The molecular weight excluding hydrogens is 342 g/mol. The third kappa shape index (κ3) is 3.17. The number of anilines is 2. The van der Waals surface area contributed by atoms with Gasteiger partial charge in [-0.25, -0.2) is 9.78 Å². The first-order valence-corrected chi connectivity index (χ1v) is 8.76. The van der Waals surface area contributed by atoms with Crippen molar-refractivity contribution in [3.63, 3.8) is 0 Å². The lowest BCUT2D eigenvalue weighted by molar-refractivity contribution is 0.0601. The van der Waals surface area contributed by atoms with Gasteiger partial charge in [0.2, 0.25) is 0 Å². The van der Waals surface area contributed by atoms with Crippen molar-refractivity contribution in [2.24, 2.45) is 0 Å². The number of carbonyl (C=O) groups excluding carboxylic acids is 1. The lowest BCUT2D eigenvalue weighted by Gasteiger charge is -2.36. The number of nitrogens with zero attached hydrogens (tertiary/aromatic N) is 4. The fraction of sp³-hybridized carbons (Fsp3) is 0.250. The largest absolute Gasteiger partial charge is 0.465 e. The molecule has 1 aliphatic heterocycles. The molecule has 0 spiro atoms.